The van der Waals surface area contributed by atoms with Crippen molar-refractivity contribution in [3.8, 4) is 5.75 Å². The van der Waals surface area contributed by atoms with Crippen molar-refractivity contribution in [1.29, 1.82) is 0 Å². The number of amides is 1. The Labute approximate surface area is 227 Å². The highest BCUT2D eigenvalue weighted by Crippen LogP contribution is 2.33. The molecule has 204 valence electrons. The summed E-state index contributed by atoms with van der Waals surface area (Å²) in [6.07, 6.45) is 1.50. The molecular weight excluding hydrogens is 566 g/mol. The highest BCUT2D eigenvalue weighted by molar-refractivity contribution is 9.10. The number of nitro groups is 1. The summed E-state index contributed by atoms with van der Waals surface area (Å²) in [5.41, 5.74) is 0.227. The van der Waals surface area contributed by atoms with Crippen molar-refractivity contribution in [2.75, 3.05) is 18.5 Å². The number of hydrogen-bond donors (Lipinski definition) is 2. The standard InChI is InChI=1S/C26H29BrF2N4O5/c1-15(32-25(34)38-26(2,3)4)18-12-17(28)13-20(29)24(18)37-10-6-5-9-30-23-19-11-16(27)7-8-21(19)31-14-22(23)33(35)36/h7-8,11-15H,5-6,9-10H2,1-4H3,(H,30,31)(H,32,34). The largest absolute Gasteiger partial charge is 0.490 e. The Hall–Kier alpha value is -3.54. The van der Waals surface area contributed by atoms with Gasteiger partial charge in [0.1, 0.15) is 23.3 Å². The first kappa shape index (κ1) is 29.0. The lowest BCUT2D eigenvalue weighted by molar-refractivity contribution is -0.384. The van der Waals surface area contributed by atoms with E-state index < -0.39 is 34.3 Å². The molecule has 9 nitrogen and oxygen atoms in total. The number of halogens is 3. The Morgan fingerprint density at radius 2 is 1.95 bits per heavy atom. The van der Waals surface area contributed by atoms with E-state index in [0.29, 0.717) is 42.0 Å². The number of benzene rings is 2. The number of nitrogens with one attached hydrogen (secondary N) is 2. The fourth-order valence-corrected chi connectivity index (χ4v) is 4.07. The van der Waals surface area contributed by atoms with Crippen LogP contribution in [0, 0.1) is 21.7 Å². The van der Waals surface area contributed by atoms with Gasteiger partial charge in [-0.15, -0.1) is 0 Å². The van der Waals surface area contributed by atoms with Gasteiger partial charge < -0.3 is 20.1 Å². The van der Waals surface area contributed by atoms with Crippen molar-refractivity contribution < 1.29 is 28.0 Å². The fraction of sp³-hybridized carbons (Fsp3) is 0.385. The predicted molar refractivity (Wildman–Crippen MR) is 143 cm³/mol. The van der Waals surface area contributed by atoms with E-state index in [1.54, 1.807) is 45.9 Å². The van der Waals surface area contributed by atoms with Gasteiger partial charge in [-0.3, -0.25) is 10.1 Å². The van der Waals surface area contributed by atoms with Crippen LogP contribution in [0.1, 0.15) is 52.1 Å². The SMILES string of the molecule is CC(NC(=O)OC(C)(C)C)c1cc(F)cc(F)c1OCCCCNc1c([N+](=O)[O-])cnc2ccc(Br)cc12. The van der Waals surface area contributed by atoms with Gasteiger partial charge in [0.2, 0.25) is 0 Å². The molecule has 1 aromatic heterocycles. The molecule has 3 aromatic rings. The molecule has 38 heavy (non-hydrogen) atoms. The fourth-order valence-electron chi connectivity index (χ4n) is 3.71. The van der Waals surface area contributed by atoms with Crippen molar-refractivity contribution >= 4 is 44.3 Å². The lowest BCUT2D eigenvalue weighted by Crippen LogP contribution is -2.34. The summed E-state index contributed by atoms with van der Waals surface area (Å²) in [5.74, 6) is -1.85. The number of nitrogens with zero attached hydrogens (tertiary/aromatic N) is 2. The lowest BCUT2D eigenvalue weighted by Gasteiger charge is -2.23. The van der Waals surface area contributed by atoms with E-state index in [1.807, 2.05) is 0 Å². The maximum atomic E-state index is 14.6. The summed E-state index contributed by atoms with van der Waals surface area (Å²) in [5, 5.41) is 17.8. The van der Waals surface area contributed by atoms with E-state index in [0.717, 1.165) is 10.5 Å². The highest BCUT2D eigenvalue weighted by Gasteiger charge is 2.23. The van der Waals surface area contributed by atoms with Gasteiger partial charge in [0.05, 0.1) is 23.1 Å². The summed E-state index contributed by atoms with van der Waals surface area (Å²) in [7, 11) is 0. The summed E-state index contributed by atoms with van der Waals surface area (Å²) in [6, 6.07) is 6.35. The van der Waals surface area contributed by atoms with Crippen LogP contribution in [-0.4, -0.2) is 34.8 Å². The molecule has 0 saturated carbocycles. The first-order valence-electron chi connectivity index (χ1n) is 11.9. The van der Waals surface area contributed by atoms with Crippen molar-refractivity contribution in [3.05, 3.63) is 68.3 Å². The zero-order chi connectivity index (χ0) is 28.0. The molecular formula is C26H29BrF2N4O5. The van der Waals surface area contributed by atoms with Gasteiger partial charge in [-0.2, -0.15) is 0 Å². The molecule has 0 bridgehead atoms. The number of alkyl carbamates (subject to hydrolysis) is 1. The zero-order valence-corrected chi connectivity index (χ0v) is 23.0. The first-order valence-corrected chi connectivity index (χ1v) is 12.7. The summed E-state index contributed by atoms with van der Waals surface area (Å²) >= 11 is 3.38. The Kier molecular flexibility index (Phi) is 9.42. The van der Waals surface area contributed by atoms with Gasteiger partial charge in [-0.25, -0.2) is 18.6 Å². The van der Waals surface area contributed by atoms with Gasteiger partial charge in [0, 0.05) is 28.0 Å². The van der Waals surface area contributed by atoms with Gasteiger partial charge in [-0.05, 0) is 64.8 Å². The number of unbranched alkanes of at least 4 members (excludes halogenated alkanes) is 1. The molecule has 3 rings (SSSR count). The number of anilines is 1. The maximum Gasteiger partial charge on any atom is 0.408 e. The molecule has 1 unspecified atom stereocenters. The minimum atomic E-state index is -0.888. The van der Waals surface area contributed by atoms with Crippen molar-refractivity contribution in [1.82, 2.24) is 10.3 Å². The second-order valence-electron chi connectivity index (χ2n) is 9.59. The third-order valence-corrected chi connectivity index (χ3v) is 5.86. The van der Waals surface area contributed by atoms with E-state index in [9.17, 15) is 23.7 Å². The third-order valence-electron chi connectivity index (χ3n) is 5.36. The molecule has 12 heteroatoms. The van der Waals surface area contributed by atoms with Gasteiger partial charge in [-0.1, -0.05) is 15.9 Å². The summed E-state index contributed by atoms with van der Waals surface area (Å²) < 4.78 is 40.1. The Morgan fingerprint density at radius 3 is 2.63 bits per heavy atom. The monoisotopic (exact) mass is 594 g/mol. The molecule has 0 aliphatic rings. The van der Waals surface area contributed by atoms with Crippen LogP contribution in [0.2, 0.25) is 0 Å². The number of rotatable bonds is 10. The number of hydrogen-bond acceptors (Lipinski definition) is 7. The molecule has 0 aliphatic carbocycles. The van der Waals surface area contributed by atoms with Crippen LogP contribution < -0.4 is 15.4 Å². The predicted octanol–water partition coefficient (Wildman–Crippen LogP) is 7.04. The highest BCUT2D eigenvalue weighted by atomic mass is 79.9. The van der Waals surface area contributed by atoms with Crippen LogP contribution in [0.3, 0.4) is 0 Å². The van der Waals surface area contributed by atoms with Gasteiger partial charge >= 0.3 is 11.8 Å². The average molecular weight is 595 g/mol. The van der Waals surface area contributed by atoms with E-state index >= 15 is 0 Å². The van der Waals surface area contributed by atoms with E-state index in [1.165, 1.54) is 6.20 Å². The molecule has 0 spiro atoms. The van der Waals surface area contributed by atoms with Crippen LogP contribution in [0.15, 0.2) is 41.0 Å². The van der Waals surface area contributed by atoms with E-state index in [4.69, 9.17) is 9.47 Å². The van der Waals surface area contributed by atoms with Crippen LogP contribution in [-0.2, 0) is 4.74 Å². The molecule has 1 atom stereocenters. The Balaban J connectivity index is 1.62. The normalized spacial score (nSPS) is 12.2. The first-order chi connectivity index (χ1) is 17.9. The van der Waals surface area contributed by atoms with Crippen molar-refractivity contribution in [2.45, 2.75) is 52.2 Å². The number of fused-ring (bicyclic) bond motifs is 1. The molecule has 0 fully saturated rings. The molecule has 2 aromatic carbocycles. The average Bonchev–Trinajstić information content (AvgIpc) is 2.80. The second kappa shape index (κ2) is 12.3. The van der Waals surface area contributed by atoms with Gasteiger partial charge in [0.25, 0.3) is 0 Å². The van der Waals surface area contributed by atoms with Crippen molar-refractivity contribution in [2.24, 2.45) is 0 Å². The number of pyridine rings is 1. The second-order valence-corrected chi connectivity index (χ2v) is 10.5. The molecule has 1 heterocycles. The Morgan fingerprint density at radius 1 is 1.21 bits per heavy atom. The van der Waals surface area contributed by atoms with Crippen LogP contribution >= 0.6 is 15.9 Å². The minimum Gasteiger partial charge on any atom is -0.490 e. The number of ether oxygens (including phenoxy) is 2. The van der Waals surface area contributed by atoms with Crippen LogP contribution in [0.5, 0.6) is 5.75 Å². The van der Waals surface area contributed by atoms with Crippen LogP contribution in [0.4, 0.5) is 25.0 Å². The van der Waals surface area contributed by atoms with E-state index in [2.05, 4.69) is 31.5 Å². The van der Waals surface area contributed by atoms with Crippen molar-refractivity contribution in [3.63, 3.8) is 0 Å². The zero-order valence-electron chi connectivity index (χ0n) is 21.4. The number of aromatic nitrogens is 1. The van der Waals surface area contributed by atoms with Crippen LogP contribution in [0.25, 0.3) is 10.9 Å². The quantitative estimate of drug-likeness (QED) is 0.147. The maximum absolute atomic E-state index is 14.6. The summed E-state index contributed by atoms with van der Waals surface area (Å²) in [4.78, 5) is 27.3. The Bertz CT molecular complexity index is 1330. The molecule has 2 N–H and O–H groups in total. The number of carbonyl (C=O) groups is 1. The van der Waals surface area contributed by atoms with E-state index in [-0.39, 0.29) is 23.6 Å². The molecule has 0 radical (unpaired) electrons. The molecule has 0 saturated heterocycles. The minimum absolute atomic E-state index is 0.0983. The number of carbonyl (C=O) groups excluding carboxylic acids is 1. The molecule has 1 amide bonds. The lowest BCUT2D eigenvalue weighted by atomic mass is 10.1. The topological polar surface area (TPSA) is 116 Å². The summed E-state index contributed by atoms with van der Waals surface area (Å²) in [6.45, 7) is 7.16. The molecule has 0 aliphatic heterocycles. The third kappa shape index (κ3) is 7.73. The smallest absolute Gasteiger partial charge is 0.408 e. The van der Waals surface area contributed by atoms with Gasteiger partial charge in [0.15, 0.2) is 11.6 Å².